The Balaban J connectivity index is 1.97. The van der Waals surface area contributed by atoms with Crippen molar-refractivity contribution in [3.8, 4) is 0 Å². The number of hydrogen-bond acceptors (Lipinski definition) is 1. The van der Waals surface area contributed by atoms with Crippen molar-refractivity contribution < 1.29 is 4.39 Å². The molecule has 1 N–H and O–H groups in total. The van der Waals surface area contributed by atoms with E-state index >= 15 is 0 Å². The van der Waals surface area contributed by atoms with Gasteiger partial charge < -0.3 is 5.32 Å². The highest BCUT2D eigenvalue weighted by atomic mass is 79.9. The van der Waals surface area contributed by atoms with Gasteiger partial charge in [-0.2, -0.15) is 0 Å². The quantitative estimate of drug-likeness (QED) is 0.869. The Morgan fingerprint density at radius 2 is 2.12 bits per heavy atom. The average Bonchev–Trinajstić information content (AvgIpc) is 3.03. The highest BCUT2D eigenvalue weighted by molar-refractivity contribution is 9.10. The van der Waals surface area contributed by atoms with Gasteiger partial charge in [-0.1, -0.05) is 35.8 Å². The maximum atomic E-state index is 13.0. The Hall–Kier alpha value is -0.410. The zero-order chi connectivity index (χ0) is 12.5. The number of benzene rings is 1. The molecule has 0 aliphatic heterocycles. The van der Waals surface area contributed by atoms with Crippen LogP contribution in [0.25, 0.3) is 0 Å². The van der Waals surface area contributed by atoms with Crippen LogP contribution in [0.4, 0.5) is 4.39 Å². The average molecular weight is 300 g/mol. The van der Waals surface area contributed by atoms with Crippen molar-refractivity contribution >= 4 is 15.9 Å². The largest absolute Gasteiger partial charge is 0.313 e. The van der Waals surface area contributed by atoms with E-state index in [1.165, 1.54) is 24.5 Å². The van der Waals surface area contributed by atoms with Crippen molar-refractivity contribution in [1.82, 2.24) is 5.32 Å². The third-order valence-corrected chi connectivity index (χ3v) is 3.87. The van der Waals surface area contributed by atoms with E-state index in [0.717, 1.165) is 23.5 Å². The van der Waals surface area contributed by atoms with Crippen molar-refractivity contribution in [3.63, 3.8) is 0 Å². The highest BCUT2D eigenvalue weighted by Crippen LogP contribution is 2.28. The fourth-order valence-corrected chi connectivity index (χ4v) is 2.44. The maximum Gasteiger partial charge on any atom is 0.124 e. The zero-order valence-corrected chi connectivity index (χ0v) is 12.0. The lowest BCUT2D eigenvalue weighted by Gasteiger charge is -2.26. The predicted molar refractivity (Wildman–Crippen MR) is 72.6 cm³/mol. The minimum Gasteiger partial charge on any atom is -0.313 e. The second-order valence-electron chi connectivity index (χ2n) is 5.73. The molecule has 0 radical (unpaired) electrons. The molecule has 0 aromatic heterocycles. The summed E-state index contributed by atoms with van der Waals surface area (Å²) >= 11 is 3.43. The molecule has 1 aromatic rings. The normalized spacial score (nSPS) is 16.2. The molecular weight excluding hydrogens is 281 g/mol. The van der Waals surface area contributed by atoms with Crippen molar-refractivity contribution in [1.29, 1.82) is 0 Å². The molecule has 0 bridgehead atoms. The van der Waals surface area contributed by atoms with Gasteiger partial charge >= 0.3 is 0 Å². The van der Waals surface area contributed by atoms with Gasteiger partial charge in [-0.25, -0.2) is 4.39 Å². The molecule has 1 fully saturated rings. The van der Waals surface area contributed by atoms with Crippen LogP contribution in [-0.2, 0) is 6.42 Å². The molecule has 1 aromatic carbocycles. The molecule has 3 heteroatoms. The van der Waals surface area contributed by atoms with Crippen molar-refractivity contribution in [3.05, 3.63) is 34.1 Å². The molecule has 2 rings (SSSR count). The van der Waals surface area contributed by atoms with Crippen LogP contribution in [0.3, 0.4) is 0 Å². The highest BCUT2D eigenvalue weighted by Gasteiger charge is 2.25. The molecule has 1 aliphatic carbocycles. The van der Waals surface area contributed by atoms with Crippen LogP contribution in [0.5, 0.6) is 0 Å². The first kappa shape index (κ1) is 13.0. The molecule has 17 heavy (non-hydrogen) atoms. The fourth-order valence-electron chi connectivity index (χ4n) is 1.95. The topological polar surface area (TPSA) is 12.0 Å². The third kappa shape index (κ3) is 4.07. The van der Waals surface area contributed by atoms with Crippen molar-refractivity contribution in [2.24, 2.45) is 5.41 Å². The predicted octanol–water partition coefficient (Wildman–Crippen LogP) is 3.91. The molecule has 0 unspecified atom stereocenters. The molecule has 1 nitrogen and oxygen atoms in total. The molecule has 1 aliphatic rings. The zero-order valence-electron chi connectivity index (χ0n) is 10.4. The summed E-state index contributed by atoms with van der Waals surface area (Å²) < 4.78 is 13.9. The summed E-state index contributed by atoms with van der Waals surface area (Å²) in [5, 5.41) is 3.56. The molecule has 0 spiro atoms. The van der Waals surface area contributed by atoms with Crippen LogP contribution >= 0.6 is 15.9 Å². The number of halogens is 2. The lowest BCUT2D eigenvalue weighted by Crippen LogP contribution is -2.32. The van der Waals surface area contributed by atoms with Gasteiger partial charge in [-0.15, -0.1) is 0 Å². The van der Waals surface area contributed by atoms with Gasteiger partial charge in [-0.3, -0.25) is 0 Å². The van der Waals surface area contributed by atoms with Gasteiger partial charge in [0.05, 0.1) is 0 Å². The van der Waals surface area contributed by atoms with Gasteiger partial charge in [-0.05, 0) is 42.4 Å². The van der Waals surface area contributed by atoms with Crippen molar-refractivity contribution in [2.45, 2.75) is 39.2 Å². The fraction of sp³-hybridized carbons (Fsp3) is 0.571. The molecule has 1 saturated carbocycles. The lowest BCUT2D eigenvalue weighted by molar-refractivity contribution is 0.336. The van der Waals surface area contributed by atoms with E-state index in [4.69, 9.17) is 0 Å². The van der Waals surface area contributed by atoms with E-state index in [-0.39, 0.29) is 11.2 Å². The van der Waals surface area contributed by atoms with Crippen LogP contribution in [0, 0.1) is 11.2 Å². The summed E-state index contributed by atoms with van der Waals surface area (Å²) in [6, 6.07) is 5.69. The van der Waals surface area contributed by atoms with Crippen molar-refractivity contribution in [2.75, 3.05) is 6.54 Å². The molecular formula is C14H19BrFN. The molecule has 0 amide bonds. The Labute approximate surface area is 111 Å². The van der Waals surface area contributed by atoms with Gasteiger partial charge in [0.25, 0.3) is 0 Å². The number of nitrogens with one attached hydrogen (secondary N) is 1. The Morgan fingerprint density at radius 3 is 2.71 bits per heavy atom. The second-order valence-corrected chi connectivity index (χ2v) is 6.59. The Kier molecular flexibility index (Phi) is 3.88. The molecule has 0 atom stereocenters. The standard InChI is InChI=1S/C14H19BrFN/c1-14(2,9-17-12-5-6-12)8-10-3-4-11(16)7-13(10)15/h3-4,7,12,17H,5-6,8-9H2,1-2H3. The SMILES string of the molecule is CC(C)(CNC1CC1)Cc1ccc(F)cc1Br. The van der Waals surface area contributed by atoms with Crippen LogP contribution in [0.2, 0.25) is 0 Å². The minimum absolute atomic E-state index is 0.186. The first-order valence-corrected chi connectivity index (χ1v) is 6.93. The van der Waals surface area contributed by atoms with Crippen LogP contribution in [0.1, 0.15) is 32.3 Å². The number of hydrogen-bond donors (Lipinski definition) is 1. The Bertz CT molecular complexity index is 399. The third-order valence-electron chi connectivity index (χ3n) is 3.13. The first-order chi connectivity index (χ1) is 7.96. The van der Waals surface area contributed by atoms with Gasteiger partial charge in [0.2, 0.25) is 0 Å². The monoisotopic (exact) mass is 299 g/mol. The summed E-state index contributed by atoms with van der Waals surface area (Å²) in [5.74, 6) is -0.186. The summed E-state index contributed by atoms with van der Waals surface area (Å²) in [5.41, 5.74) is 1.37. The molecule has 0 heterocycles. The summed E-state index contributed by atoms with van der Waals surface area (Å²) in [4.78, 5) is 0. The van der Waals surface area contributed by atoms with E-state index in [1.807, 2.05) is 6.07 Å². The van der Waals surface area contributed by atoms with Gasteiger partial charge in [0, 0.05) is 17.1 Å². The van der Waals surface area contributed by atoms with E-state index < -0.39 is 0 Å². The second kappa shape index (κ2) is 5.07. The minimum atomic E-state index is -0.186. The van der Waals surface area contributed by atoms with Crippen LogP contribution < -0.4 is 5.32 Å². The lowest BCUT2D eigenvalue weighted by atomic mass is 9.85. The first-order valence-electron chi connectivity index (χ1n) is 6.14. The number of rotatable bonds is 5. The van der Waals surface area contributed by atoms with Crippen LogP contribution in [-0.4, -0.2) is 12.6 Å². The van der Waals surface area contributed by atoms with Gasteiger partial charge in [0.1, 0.15) is 5.82 Å². The summed E-state index contributed by atoms with van der Waals surface area (Å²) in [6.07, 6.45) is 3.58. The smallest absolute Gasteiger partial charge is 0.124 e. The Morgan fingerprint density at radius 1 is 1.41 bits per heavy atom. The van der Waals surface area contributed by atoms with E-state index in [2.05, 4.69) is 35.1 Å². The van der Waals surface area contributed by atoms with E-state index in [1.54, 1.807) is 6.07 Å². The summed E-state index contributed by atoms with van der Waals surface area (Å²) in [6.45, 7) is 5.51. The van der Waals surface area contributed by atoms with E-state index in [9.17, 15) is 4.39 Å². The van der Waals surface area contributed by atoms with Crippen LogP contribution in [0.15, 0.2) is 22.7 Å². The summed E-state index contributed by atoms with van der Waals surface area (Å²) in [7, 11) is 0. The van der Waals surface area contributed by atoms with E-state index in [0.29, 0.717) is 0 Å². The van der Waals surface area contributed by atoms with Gasteiger partial charge in [0.15, 0.2) is 0 Å². The molecule has 94 valence electrons. The maximum absolute atomic E-state index is 13.0. The molecule has 0 saturated heterocycles.